The van der Waals surface area contributed by atoms with E-state index in [1.165, 1.54) is 19.2 Å². The number of hydrogen-bond acceptors (Lipinski definition) is 3. The molecular weight excluding hydrogens is 334 g/mol. The summed E-state index contributed by atoms with van der Waals surface area (Å²) in [5.74, 6) is -1.39. The molecule has 0 aliphatic heterocycles. The SMILES string of the molecule is CNC(=O)c1ccc(NC(=O)NC2CCC(C(=O)O)CC2)cc1Cl. The summed E-state index contributed by atoms with van der Waals surface area (Å²) in [5, 5.41) is 17.2. The van der Waals surface area contributed by atoms with Crippen LogP contribution in [0.4, 0.5) is 10.5 Å². The number of carboxylic acids is 1. The molecule has 0 bridgehead atoms. The zero-order valence-corrected chi connectivity index (χ0v) is 14.0. The van der Waals surface area contributed by atoms with Gasteiger partial charge in [-0.2, -0.15) is 0 Å². The molecule has 1 aliphatic rings. The lowest BCUT2D eigenvalue weighted by molar-refractivity contribution is -0.142. The van der Waals surface area contributed by atoms with Gasteiger partial charge in [0.25, 0.3) is 5.91 Å². The molecule has 0 radical (unpaired) electrons. The minimum absolute atomic E-state index is 0.0405. The maximum Gasteiger partial charge on any atom is 0.319 e. The van der Waals surface area contributed by atoms with Gasteiger partial charge in [0.05, 0.1) is 16.5 Å². The molecule has 0 atom stereocenters. The molecule has 1 aliphatic carbocycles. The van der Waals surface area contributed by atoms with Crippen LogP contribution in [0.15, 0.2) is 18.2 Å². The number of amides is 3. The monoisotopic (exact) mass is 353 g/mol. The summed E-state index contributed by atoms with van der Waals surface area (Å²) in [6.45, 7) is 0. The highest BCUT2D eigenvalue weighted by atomic mass is 35.5. The van der Waals surface area contributed by atoms with E-state index in [1.54, 1.807) is 6.07 Å². The lowest BCUT2D eigenvalue weighted by atomic mass is 9.86. The molecule has 130 valence electrons. The highest BCUT2D eigenvalue weighted by Gasteiger charge is 2.26. The van der Waals surface area contributed by atoms with Crippen LogP contribution in [0.25, 0.3) is 0 Å². The summed E-state index contributed by atoms with van der Waals surface area (Å²) < 4.78 is 0. The number of benzene rings is 1. The molecular formula is C16H20ClN3O4. The Morgan fingerprint density at radius 2 is 1.83 bits per heavy atom. The van der Waals surface area contributed by atoms with Gasteiger partial charge in [0.1, 0.15) is 0 Å². The van der Waals surface area contributed by atoms with Crippen molar-refractivity contribution >= 4 is 35.2 Å². The first-order chi connectivity index (χ1) is 11.4. The van der Waals surface area contributed by atoms with E-state index in [4.69, 9.17) is 16.7 Å². The molecule has 1 aromatic carbocycles. The number of anilines is 1. The Hall–Kier alpha value is -2.28. The van der Waals surface area contributed by atoms with Crippen LogP contribution in [0.5, 0.6) is 0 Å². The van der Waals surface area contributed by atoms with Crippen LogP contribution in [0.3, 0.4) is 0 Å². The van der Waals surface area contributed by atoms with Crippen LogP contribution in [-0.2, 0) is 4.79 Å². The van der Waals surface area contributed by atoms with Crippen LogP contribution in [-0.4, -0.2) is 36.1 Å². The lowest BCUT2D eigenvalue weighted by Crippen LogP contribution is -2.41. The van der Waals surface area contributed by atoms with Crippen molar-refractivity contribution in [1.29, 1.82) is 0 Å². The van der Waals surface area contributed by atoms with E-state index in [0.29, 0.717) is 36.9 Å². The van der Waals surface area contributed by atoms with Gasteiger partial charge in [-0.15, -0.1) is 0 Å². The summed E-state index contributed by atoms with van der Waals surface area (Å²) in [7, 11) is 1.51. The number of carboxylic acid groups (broad SMARTS) is 1. The summed E-state index contributed by atoms with van der Waals surface area (Å²) >= 11 is 6.04. The highest BCUT2D eigenvalue weighted by molar-refractivity contribution is 6.34. The summed E-state index contributed by atoms with van der Waals surface area (Å²) in [5.41, 5.74) is 0.807. The van der Waals surface area contributed by atoms with Gasteiger partial charge in [-0.05, 0) is 43.9 Å². The fourth-order valence-corrected chi connectivity index (χ4v) is 3.02. The summed E-state index contributed by atoms with van der Waals surface area (Å²) in [4.78, 5) is 34.5. The minimum atomic E-state index is -0.774. The number of hydrogen-bond donors (Lipinski definition) is 4. The molecule has 0 saturated heterocycles. The first kappa shape index (κ1) is 18.1. The molecule has 1 fully saturated rings. The average molecular weight is 354 g/mol. The maximum absolute atomic E-state index is 12.0. The maximum atomic E-state index is 12.0. The van der Waals surface area contributed by atoms with Gasteiger partial charge >= 0.3 is 12.0 Å². The van der Waals surface area contributed by atoms with Gasteiger partial charge < -0.3 is 21.1 Å². The van der Waals surface area contributed by atoms with E-state index in [-0.39, 0.29) is 28.9 Å². The first-order valence-electron chi connectivity index (χ1n) is 7.72. The van der Waals surface area contributed by atoms with E-state index in [9.17, 15) is 14.4 Å². The smallest absolute Gasteiger partial charge is 0.319 e. The van der Waals surface area contributed by atoms with Crippen molar-refractivity contribution in [2.45, 2.75) is 31.7 Å². The minimum Gasteiger partial charge on any atom is -0.481 e. The predicted molar refractivity (Wildman–Crippen MR) is 90.4 cm³/mol. The Morgan fingerprint density at radius 1 is 1.17 bits per heavy atom. The molecule has 3 amide bonds. The quantitative estimate of drug-likeness (QED) is 0.666. The Labute approximate surface area is 144 Å². The van der Waals surface area contributed by atoms with E-state index in [2.05, 4.69) is 16.0 Å². The molecule has 0 unspecified atom stereocenters. The van der Waals surface area contributed by atoms with E-state index in [1.807, 2.05) is 0 Å². The third-order valence-corrected chi connectivity index (χ3v) is 4.42. The van der Waals surface area contributed by atoms with Gasteiger partial charge in [0, 0.05) is 18.8 Å². The van der Waals surface area contributed by atoms with Gasteiger partial charge in [0.15, 0.2) is 0 Å². The van der Waals surface area contributed by atoms with Crippen LogP contribution in [0, 0.1) is 5.92 Å². The van der Waals surface area contributed by atoms with Crippen LogP contribution in [0.2, 0.25) is 5.02 Å². The number of carbonyl (C=O) groups excluding carboxylic acids is 2. The van der Waals surface area contributed by atoms with Crippen molar-refractivity contribution in [2.75, 3.05) is 12.4 Å². The Kier molecular flexibility index (Phi) is 6.03. The van der Waals surface area contributed by atoms with Crippen LogP contribution < -0.4 is 16.0 Å². The molecule has 0 spiro atoms. The molecule has 24 heavy (non-hydrogen) atoms. The molecule has 1 aromatic rings. The van der Waals surface area contributed by atoms with Crippen LogP contribution in [0.1, 0.15) is 36.0 Å². The first-order valence-corrected chi connectivity index (χ1v) is 8.10. The second-order valence-corrected chi connectivity index (χ2v) is 6.17. The zero-order valence-electron chi connectivity index (χ0n) is 13.3. The Bertz CT molecular complexity index is 642. The second kappa shape index (κ2) is 8.01. The van der Waals surface area contributed by atoms with Crippen molar-refractivity contribution in [1.82, 2.24) is 10.6 Å². The summed E-state index contributed by atoms with van der Waals surface area (Å²) in [6, 6.07) is 4.22. The fourth-order valence-electron chi connectivity index (χ4n) is 2.75. The number of carbonyl (C=O) groups is 3. The zero-order chi connectivity index (χ0) is 17.7. The Balaban J connectivity index is 1.88. The van der Waals surface area contributed by atoms with Crippen molar-refractivity contribution in [3.8, 4) is 0 Å². The van der Waals surface area contributed by atoms with Gasteiger partial charge in [-0.1, -0.05) is 11.6 Å². The van der Waals surface area contributed by atoms with Crippen molar-refractivity contribution in [3.05, 3.63) is 28.8 Å². The summed E-state index contributed by atoms with van der Waals surface area (Å²) in [6.07, 6.45) is 2.40. The normalized spacial score (nSPS) is 20.1. The number of nitrogens with one attached hydrogen (secondary N) is 3. The standard InChI is InChI=1S/C16H20ClN3O4/c1-18-14(21)12-7-6-11(8-13(12)17)20-16(24)19-10-4-2-9(3-5-10)15(22)23/h6-10H,2-5H2,1H3,(H,18,21)(H,22,23)(H2,19,20,24). The highest BCUT2D eigenvalue weighted by Crippen LogP contribution is 2.25. The molecule has 0 heterocycles. The van der Waals surface area contributed by atoms with Crippen molar-refractivity contribution in [3.63, 3.8) is 0 Å². The predicted octanol–water partition coefficient (Wildman–Crippen LogP) is 2.46. The number of rotatable bonds is 4. The third-order valence-electron chi connectivity index (χ3n) is 4.11. The van der Waals surface area contributed by atoms with Crippen molar-refractivity contribution in [2.24, 2.45) is 5.92 Å². The van der Waals surface area contributed by atoms with Crippen LogP contribution >= 0.6 is 11.6 Å². The second-order valence-electron chi connectivity index (χ2n) is 5.76. The van der Waals surface area contributed by atoms with E-state index in [0.717, 1.165) is 0 Å². The van der Waals surface area contributed by atoms with Gasteiger partial charge in [-0.25, -0.2) is 4.79 Å². The number of urea groups is 1. The lowest BCUT2D eigenvalue weighted by Gasteiger charge is -2.26. The van der Waals surface area contributed by atoms with E-state index >= 15 is 0 Å². The molecule has 4 N–H and O–H groups in total. The van der Waals surface area contributed by atoms with Gasteiger partial charge in [-0.3, -0.25) is 9.59 Å². The topological polar surface area (TPSA) is 108 Å². The third kappa shape index (κ3) is 4.61. The Morgan fingerprint density at radius 3 is 2.38 bits per heavy atom. The molecule has 0 aromatic heterocycles. The van der Waals surface area contributed by atoms with Gasteiger partial charge in [0.2, 0.25) is 0 Å². The van der Waals surface area contributed by atoms with Crippen molar-refractivity contribution < 1.29 is 19.5 Å². The molecule has 7 nitrogen and oxygen atoms in total. The largest absolute Gasteiger partial charge is 0.481 e. The molecule has 8 heteroatoms. The molecule has 2 rings (SSSR count). The van der Waals surface area contributed by atoms with E-state index < -0.39 is 5.97 Å². The number of halogens is 1. The fraction of sp³-hybridized carbons (Fsp3) is 0.438. The number of aliphatic carboxylic acids is 1. The average Bonchev–Trinajstić information content (AvgIpc) is 2.54. The molecule has 1 saturated carbocycles.